The standard InChI is InChI=1S/C14H20BrNO3/c1-13(2,3)19-12(18)16-14(4,5)9-6-7-10(15)11(17)8-9/h6-8,17H,1-5H3,(H,16,18). The first-order chi connectivity index (χ1) is 8.51. The first-order valence-corrected chi connectivity index (χ1v) is 6.81. The molecule has 0 saturated carbocycles. The number of carbonyl (C=O) groups excluding carboxylic acids is 1. The summed E-state index contributed by atoms with van der Waals surface area (Å²) in [6.07, 6.45) is -0.486. The maximum atomic E-state index is 11.8. The van der Waals surface area contributed by atoms with Gasteiger partial charge in [-0.05, 0) is 68.2 Å². The van der Waals surface area contributed by atoms with Gasteiger partial charge in [0.05, 0.1) is 10.0 Å². The molecule has 4 nitrogen and oxygen atoms in total. The van der Waals surface area contributed by atoms with Gasteiger partial charge >= 0.3 is 6.09 Å². The van der Waals surface area contributed by atoms with Crippen LogP contribution in [0.25, 0.3) is 0 Å². The highest BCUT2D eigenvalue weighted by molar-refractivity contribution is 9.10. The molecule has 19 heavy (non-hydrogen) atoms. The number of hydrogen-bond donors (Lipinski definition) is 2. The lowest BCUT2D eigenvalue weighted by Crippen LogP contribution is -2.43. The van der Waals surface area contributed by atoms with Crippen LogP contribution in [0.4, 0.5) is 4.79 Å². The highest BCUT2D eigenvalue weighted by Crippen LogP contribution is 2.29. The Morgan fingerprint density at radius 1 is 1.26 bits per heavy atom. The molecule has 0 aliphatic heterocycles. The molecule has 0 aromatic heterocycles. The molecule has 0 spiro atoms. The van der Waals surface area contributed by atoms with Gasteiger partial charge in [0.2, 0.25) is 0 Å². The summed E-state index contributed by atoms with van der Waals surface area (Å²) < 4.78 is 5.84. The van der Waals surface area contributed by atoms with E-state index in [-0.39, 0.29) is 5.75 Å². The Balaban J connectivity index is 2.86. The van der Waals surface area contributed by atoms with Gasteiger partial charge in [-0.25, -0.2) is 4.79 Å². The van der Waals surface area contributed by atoms with Crippen molar-refractivity contribution < 1.29 is 14.6 Å². The maximum Gasteiger partial charge on any atom is 0.408 e. The van der Waals surface area contributed by atoms with Crippen molar-refractivity contribution in [2.75, 3.05) is 0 Å². The van der Waals surface area contributed by atoms with Crippen LogP contribution < -0.4 is 5.32 Å². The van der Waals surface area contributed by atoms with Gasteiger partial charge in [0.25, 0.3) is 0 Å². The fourth-order valence-electron chi connectivity index (χ4n) is 1.53. The predicted octanol–water partition coefficient (Wildman–Crippen LogP) is 3.91. The van der Waals surface area contributed by atoms with Crippen LogP contribution in [-0.2, 0) is 10.3 Å². The largest absolute Gasteiger partial charge is 0.507 e. The van der Waals surface area contributed by atoms with Crippen molar-refractivity contribution in [2.45, 2.75) is 45.8 Å². The highest BCUT2D eigenvalue weighted by Gasteiger charge is 2.26. The molecule has 0 atom stereocenters. The summed E-state index contributed by atoms with van der Waals surface area (Å²) >= 11 is 3.22. The fourth-order valence-corrected chi connectivity index (χ4v) is 1.78. The van der Waals surface area contributed by atoms with E-state index in [1.807, 2.05) is 40.7 Å². The summed E-state index contributed by atoms with van der Waals surface area (Å²) in [6, 6.07) is 5.19. The van der Waals surface area contributed by atoms with Crippen molar-refractivity contribution in [1.29, 1.82) is 0 Å². The molecule has 0 aliphatic carbocycles. The number of phenolic OH excluding ortho intramolecular Hbond substituents is 1. The lowest BCUT2D eigenvalue weighted by Gasteiger charge is -2.29. The summed E-state index contributed by atoms with van der Waals surface area (Å²) in [5, 5.41) is 12.5. The topological polar surface area (TPSA) is 58.6 Å². The SMILES string of the molecule is CC(C)(C)OC(=O)NC(C)(C)c1ccc(Br)c(O)c1. The summed E-state index contributed by atoms with van der Waals surface area (Å²) in [7, 11) is 0. The Hall–Kier alpha value is -1.23. The van der Waals surface area contributed by atoms with Gasteiger partial charge in [-0.15, -0.1) is 0 Å². The van der Waals surface area contributed by atoms with E-state index < -0.39 is 17.2 Å². The van der Waals surface area contributed by atoms with E-state index in [0.717, 1.165) is 5.56 Å². The van der Waals surface area contributed by atoms with Crippen LogP contribution in [0.15, 0.2) is 22.7 Å². The fraction of sp³-hybridized carbons (Fsp3) is 0.500. The molecule has 0 aliphatic rings. The number of aromatic hydroxyl groups is 1. The van der Waals surface area contributed by atoms with E-state index in [0.29, 0.717) is 4.47 Å². The molecular formula is C14H20BrNO3. The van der Waals surface area contributed by atoms with Crippen LogP contribution >= 0.6 is 15.9 Å². The van der Waals surface area contributed by atoms with Gasteiger partial charge in [-0.3, -0.25) is 0 Å². The van der Waals surface area contributed by atoms with Crippen molar-refractivity contribution >= 4 is 22.0 Å². The van der Waals surface area contributed by atoms with Gasteiger partial charge in [-0.2, -0.15) is 0 Å². The van der Waals surface area contributed by atoms with Crippen LogP contribution in [0.2, 0.25) is 0 Å². The van der Waals surface area contributed by atoms with E-state index in [1.165, 1.54) is 0 Å². The zero-order chi connectivity index (χ0) is 14.8. The summed E-state index contributed by atoms with van der Waals surface area (Å²) in [6.45, 7) is 9.13. The second-order valence-corrected chi connectivity index (χ2v) is 6.77. The molecule has 1 amide bonds. The number of hydrogen-bond acceptors (Lipinski definition) is 3. The van der Waals surface area contributed by atoms with E-state index in [2.05, 4.69) is 21.2 Å². The number of benzene rings is 1. The lowest BCUT2D eigenvalue weighted by molar-refractivity contribution is 0.0470. The zero-order valence-corrected chi connectivity index (χ0v) is 13.5. The number of rotatable bonds is 2. The first kappa shape index (κ1) is 15.8. The molecule has 0 saturated heterocycles. The van der Waals surface area contributed by atoms with Crippen molar-refractivity contribution in [1.82, 2.24) is 5.32 Å². The Morgan fingerprint density at radius 2 is 1.84 bits per heavy atom. The Morgan fingerprint density at radius 3 is 2.32 bits per heavy atom. The molecule has 0 bridgehead atoms. The van der Waals surface area contributed by atoms with E-state index in [9.17, 15) is 9.90 Å². The minimum atomic E-state index is -0.638. The van der Waals surface area contributed by atoms with Crippen LogP contribution in [0.1, 0.15) is 40.2 Å². The predicted molar refractivity (Wildman–Crippen MR) is 78.2 cm³/mol. The van der Waals surface area contributed by atoms with Gasteiger partial charge in [-0.1, -0.05) is 6.07 Å². The molecule has 0 radical (unpaired) electrons. The number of carbonyl (C=O) groups is 1. The van der Waals surface area contributed by atoms with Crippen molar-refractivity contribution in [3.05, 3.63) is 28.2 Å². The monoisotopic (exact) mass is 329 g/mol. The molecule has 0 unspecified atom stereocenters. The molecule has 1 aromatic carbocycles. The number of ether oxygens (including phenoxy) is 1. The molecule has 0 heterocycles. The minimum absolute atomic E-state index is 0.136. The van der Waals surface area contributed by atoms with E-state index >= 15 is 0 Å². The quantitative estimate of drug-likeness (QED) is 0.864. The second kappa shape index (κ2) is 5.41. The second-order valence-electron chi connectivity index (χ2n) is 5.92. The van der Waals surface area contributed by atoms with Crippen LogP contribution in [0, 0.1) is 0 Å². The van der Waals surface area contributed by atoms with E-state index in [4.69, 9.17) is 4.74 Å². The molecule has 5 heteroatoms. The van der Waals surface area contributed by atoms with Crippen LogP contribution in [0.3, 0.4) is 0 Å². The third-order valence-electron chi connectivity index (χ3n) is 2.48. The maximum absolute atomic E-state index is 11.8. The Kier molecular flexibility index (Phi) is 4.50. The van der Waals surface area contributed by atoms with E-state index in [1.54, 1.807) is 12.1 Å². The normalized spacial score (nSPS) is 12.1. The average molecular weight is 330 g/mol. The smallest absolute Gasteiger partial charge is 0.408 e. The molecule has 1 aromatic rings. The highest BCUT2D eigenvalue weighted by atomic mass is 79.9. The van der Waals surface area contributed by atoms with Gasteiger partial charge < -0.3 is 15.2 Å². The molecule has 1 rings (SSSR count). The van der Waals surface area contributed by atoms with Crippen molar-refractivity contribution in [3.8, 4) is 5.75 Å². The number of amides is 1. The Labute approximate surface area is 122 Å². The molecule has 2 N–H and O–H groups in total. The van der Waals surface area contributed by atoms with Gasteiger partial charge in [0.15, 0.2) is 0 Å². The number of nitrogens with one attached hydrogen (secondary N) is 1. The molecular weight excluding hydrogens is 310 g/mol. The lowest BCUT2D eigenvalue weighted by atomic mass is 9.94. The Bertz CT molecular complexity index is 478. The average Bonchev–Trinajstić information content (AvgIpc) is 2.17. The third kappa shape index (κ3) is 4.74. The summed E-state index contributed by atoms with van der Waals surface area (Å²) in [4.78, 5) is 11.8. The van der Waals surface area contributed by atoms with Crippen LogP contribution in [0.5, 0.6) is 5.75 Å². The molecule has 106 valence electrons. The van der Waals surface area contributed by atoms with Crippen molar-refractivity contribution in [3.63, 3.8) is 0 Å². The number of phenols is 1. The number of alkyl carbamates (subject to hydrolysis) is 1. The molecule has 0 fully saturated rings. The number of halogens is 1. The summed E-state index contributed by atoms with van der Waals surface area (Å²) in [5.41, 5.74) is -0.387. The van der Waals surface area contributed by atoms with Gasteiger partial charge in [0.1, 0.15) is 11.4 Å². The third-order valence-corrected chi connectivity index (χ3v) is 3.15. The van der Waals surface area contributed by atoms with Crippen molar-refractivity contribution in [2.24, 2.45) is 0 Å². The first-order valence-electron chi connectivity index (χ1n) is 6.01. The zero-order valence-electron chi connectivity index (χ0n) is 11.9. The van der Waals surface area contributed by atoms with Gasteiger partial charge in [0, 0.05) is 0 Å². The summed E-state index contributed by atoms with van der Waals surface area (Å²) in [5.74, 6) is 0.136. The van der Waals surface area contributed by atoms with Crippen LogP contribution in [-0.4, -0.2) is 16.8 Å². The minimum Gasteiger partial charge on any atom is -0.507 e.